The molecule has 0 atom stereocenters. The van der Waals surface area contributed by atoms with E-state index >= 15 is 0 Å². The SMILES string of the molecule is CC(C)(C)OC(=O)N1CCN(c2ncc(S(=O)(=O)c3cccnc3)s2)CC1. The van der Waals surface area contributed by atoms with Gasteiger partial charge in [0.25, 0.3) is 0 Å². The normalized spacial score (nSPS) is 15.7. The Kier molecular flexibility index (Phi) is 5.38. The van der Waals surface area contributed by atoms with Crippen molar-refractivity contribution >= 4 is 32.4 Å². The molecule has 0 radical (unpaired) electrons. The number of amides is 1. The van der Waals surface area contributed by atoms with Crippen molar-refractivity contribution in [3.8, 4) is 0 Å². The Balaban J connectivity index is 1.66. The molecule has 1 aliphatic rings. The molecular formula is C17H22N4O4S2. The van der Waals surface area contributed by atoms with E-state index in [2.05, 4.69) is 9.97 Å². The number of carbonyl (C=O) groups is 1. The molecule has 8 nitrogen and oxygen atoms in total. The summed E-state index contributed by atoms with van der Waals surface area (Å²) < 4.78 is 30.9. The molecule has 1 fully saturated rings. The van der Waals surface area contributed by atoms with Crippen LogP contribution in [-0.2, 0) is 14.6 Å². The van der Waals surface area contributed by atoms with Gasteiger partial charge in [0.1, 0.15) is 9.81 Å². The van der Waals surface area contributed by atoms with Crippen molar-refractivity contribution < 1.29 is 17.9 Å². The third-order valence-corrected chi connectivity index (χ3v) is 7.14. The van der Waals surface area contributed by atoms with Gasteiger partial charge in [0, 0.05) is 38.6 Å². The summed E-state index contributed by atoms with van der Waals surface area (Å²) in [5.74, 6) is 0. The Labute approximate surface area is 162 Å². The predicted octanol–water partition coefficient (Wildman–Crippen LogP) is 2.43. The third-order valence-electron chi connectivity index (χ3n) is 3.88. The first-order valence-corrected chi connectivity index (χ1v) is 10.8. The highest BCUT2D eigenvalue weighted by molar-refractivity contribution is 7.93. The molecule has 0 N–H and O–H groups in total. The fraction of sp³-hybridized carbons (Fsp3) is 0.471. The number of rotatable bonds is 3. The van der Waals surface area contributed by atoms with E-state index in [-0.39, 0.29) is 15.2 Å². The van der Waals surface area contributed by atoms with Gasteiger partial charge in [0.05, 0.1) is 11.1 Å². The number of ether oxygens (including phenoxy) is 1. The van der Waals surface area contributed by atoms with Crippen LogP contribution in [-0.4, -0.2) is 61.2 Å². The van der Waals surface area contributed by atoms with Gasteiger partial charge in [-0.2, -0.15) is 0 Å². The van der Waals surface area contributed by atoms with Gasteiger partial charge in [-0.15, -0.1) is 0 Å². The summed E-state index contributed by atoms with van der Waals surface area (Å²) in [6.07, 6.45) is 3.90. The van der Waals surface area contributed by atoms with E-state index in [1.807, 2.05) is 25.7 Å². The molecule has 3 heterocycles. The molecule has 1 amide bonds. The topological polar surface area (TPSA) is 92.7 Å². The molecule has 1 aliphatic heterocycles. The number of thiazole rings is 1. The fourth-order valence-electron chi connectivity index (χ4n) is 2.55. The Morgan fingerprint density at radius 2 is 1.89 bits per heavy atom. The molecule has 1 saturated heterocycles. The van der Waals surface area contributed by atoms with E-state index in [1.165, 1.54) is 24.7 Å². The number of nitrogens with zero attached hydrogens (tertiary/aromatic N) is 4. The molecule has 0 unspecified atom stereocenters. The number of hydrogen-bond acceptors (Lipinski definition) is 8. The molecule has 3 rings (SSSR count). The molecular weight excluding hydrogens is 388 g/mol. The van der Waals surface area contributed by atoms with Crippen LogP contribution in [0.25, 0.3) is 0 Å². The first-order chi connectivity index (χ1) is 12.7. The van der Waals surface area contributed by atoms with Gasteiger partial charge in [-0.25, -0.2) is 18.2 Å². The highest BCUT2D eigenvalue weighted by Crippen LogP contribution is 2.30. The number of anilines is 1. The summed E-state index contributed by atoms with van der Waals surface area (Å²) in [7, 11) is -3.62. The van der Waals surface area contributed by atoms with E-state index in [1.54, 1.807) is 11.0 Å². The monoisotopic (exact) mass is 410 g/mol. The summed E-state index contributed by atoms with van der Waals surface area (Å²) in [4.78, 5) is 24.1. The molecule has 0 saturated carbocycles. The van der Waals surface area contributed by atoms with Crippen LogP contribution in [0.2, 0.25) is 0 Å². The zero-order valence-corrected chi connectivity index (χ0v) is 17.1. The molecule has 0 aliphatic carbocycles. The van der Waals surface area contributed by atoms with Crippen LogP contribution in [0.4, 0.5) is 9.93 Å². The zero-order chi connectivity index (χ0) is 19.7. The molecule has 2 aromatic rings. The van der Waals surface area contributed by atoms with Gasteiger partial charge in [-0.05, 0) is 32.9 Å². The van der Waals surface area contributed by atoms with E-state index < -0.39 is 15.4 Å². The van der Waals surface area contributed by atoms with Crippen molar-refractivity contribution in [1.29, 1.82) is 0 Å². The van der Waals surface area contributed by atoms with Gasteiger partial charge < -0.3 is 14.5 Å². The summed E-state index contributed by atoms with van der Waals surface area (Å²) in [5.41, 5.74) is -0.529. The van der Waals surface area contributed by atoms with Crippen LogP contribution in [0.1, 0.15) is 20.8 Å². The maximum Gasteiger partial charge on any atom is 0.410 e. The molecule has 0 spiro atoms. The average molecular weight is 411 g/mol. The molecule has 146 valence electrons. The van der Waals surface area contributed by atoms with Gasteiger partial charge in [0.2, 0.25) is 9.84 Å². The van der Waals surface area contributed by atoms with Gasteiger partial charge >= 0.3 is 6.09 Å². The van der Waals surface area contributed by atoms with Crippen molar-refractivity contribution in [1.82, 2.24) is 14.9 Å². The smallest absolute Gasteiger partial charge is 0.410 e. The number of hydrogen-bond donors (Lipinski definition) is 0. The van der Waals surface area contributed by atoms with E-state index in [0.717, 1.165) is 11.3 Å². The Bertz CT molecular complexity index is 899. The summed E-state index contributed by atoms with van der Waals surface area (Å²) in [6, 6.07) is 3.10. The number of sulfone groups is 1. The lowest BCUT2D eigenvalue weighted by atomic mass is 10.2. The van der Waals surface area contributed by atoms with Crippen molar-refractivity contribution in [2.24, 2.45) is 0 Å². The van der Waals surface area contributed by atoms with Gasteiger partial charge in [-0.3, -0.25) is 4.98 Å². The van der Waals surface area contributed by atoms with Crippen LogP contribution < -0.4 is 4.90 Å². The molecule has 0 bridgehead atoms. The maximum atomic E-state index is 12.6. The van der Waals surface area contributed by atoms with Crippen molar-refractivity contribution in [2.75, 3.05) is 31.1 Å². The Morgan fingerprint density at radius 3 is 2.48 bits per heavy atom. The van der Waals surface area contributed by atoms with Gasteiger partial charge in [0.15, 0.2) is 5.13 Å². The van der Waals surface area contributed by atoms with E-state index in [4.69, 9.17) is 4.74 Å². The van der Waals surface area contributed by atoms with E-state index in [0.29, 0.717) is 31.3 Å². The lowest BCUT2D eigenvalue weighted by Gasteiger charge is -2.35. The zero-order valence-electron chi connectivity index (χ0n) is 15.5. The number of aromatic nitrogens is 2. The summed E-state index contributed by atoms with van der Waals surface area (Å²) >= 11 is 1.13. The highest BCUT2D eigenvalue weighted by atomic mass is 32.2. The minimum absolute atomic E-state index is 0.148. The van der Waals surface area contributed by atoms with Crippen molar-refractivity contribution in [2.45, 2.75) is 35.5 Å². The van der Waals surface area contributed by atoms with Crippen LogP contribution in [0, 0.1) is 0 Å². The fourth-order valence-corrected chi connectivity index (χ4v) is 5.08. The van der Waals surface area contributed by atoms with Crippen molar-refractivity contribution in [3.63, 3.8) is 0 Å². The second-order valence-corrected chi connectivity index (χ2v) is 10.3. The standard InChI is InChI=1S/C17H22N4O4S2/c1-17(2,3)25-16(22)21-9-7-20(8-10-21)15-19-12-14(26-15)27(23,24)13-5-4-6-18-11-13/h4-6,11-12H,7-10H2,1-3H3. The number of carbonyl (C=O) groups excluding carboxylic acids is 1. The first-order valence-electron chi connectivity index (χ1n) is 8.51. The lowest BCUT2D eigenvalue weighted by molar-refractivity contribution is 0.0240. The number of piperazine rings is 1. The van der Waals surface area contributed by atoms with Gasteiger partial charge in [-0.1, -0.05) is 11.3 Å². The van der Waals surface area contributed by atoms with Crippen LogP contribution in [0.3, 0.4) is 0 Å². The molecule has 2 aromatic heterocycles. The van der Waals surface area contributed by atoms with Crippen LogP contribution >= 0.6 is 11.3 Å². The maximum absolute atomic E-state index is 12.6. The minimum Gasteiger partial charge on any atom is -0.444 e. The summed E-state index contributed by atoms with van der Waals surface area (Å²) in [6.45, 7) is 7.64. The van der Waals surface area contributed by atoms with E-state index in [9.17, 15) is 13.2 Å². The largest absolute Gasteiger partial charge is 0.444 e. The molecule has 10 heteroatoms. The quantitative estimate of drug-likeness (QED) is 0.767. The van der Waals surface area contributed by atoms with Crippen LogP contribution in [0.15, 0.2) is 39.8 Å². The predicted molar refractivity (Wildman–Crippen MR) is 102 cm³/mol. The molecule has 0 aromatic carbocycles. The molecule has 27 heavy (non-hydrogen) atoms. The van der Waals surface area contributed by atoms with Crippen molar-refractivity contribution in [3.05, 3.63) is 30.7 Å². The second-order valence-electron chi connectivity index (χ2n) is 7.11. The summed E-state index contributed by atoms with van der Waals surface area (Å²) in [5, 5.41) is 0.626. The Hall–Kier alpha value is -2.20. The average Bonchev–Trinajstić information content (AvgIpc) is 3.12. The lowest BCUT2D eigenvalue weighted by Crippen LogP contribution is -2.50. The number of pyridine rings is 1. The third kappa shape index (κ3) is 4.56. The Morgan fingerprint density at radius 1 is 1.19 bits per heavy atom. The van der Waals surface area contributed by atoms with Crippen LogP contribution in [0.5, 0.6) is 0 Å². The minimum atomic E-state index is -3.62. The first kappa shape index (κ1) is 19.6. The highest BCUT2D eigenvalue weighted by Gasteiger charge is 2.28. The second kappa shape index (κ2) is 7.43.